The summed E-state index contributed by atoms with van der Waals surface area (Å²) in [6, 6.07) is 3.45. The van der Waals surface area contributed by atoms with E-state index in [9.17, 15) is 5.11 Å². The van der Waals surface area contributed by atoms with Crippen LogP contribution in [0.3, 0.4) is 0 Å². The Bertz CT molecular complexity index is 403. The molecule has 0 atom stereocenters. The zero-order chi connectivity index (χ0) is 13.8. The van der Waals surface area contributed by atoms with Crippen LogP contribution in [-0.4, -0.2) is 23.9 Å². The second kappa shape index (κ2) is 6.62. The van der Waals surface area contributed by atoms with Crippen LogP contribution in [0.15, 0.2) is 12.1 Å². The molecule has 0 aliphatic heterocycles. The molecule has 102 valence electrons. The van der Waals surface area contributed by atoms with Crippen molar-refractivity contribution >= 4 is 23.2 Å². The van der Waals surface area contributed by atoms with Crippen LogP contribution in [0.2, 0.25) is 10.0 Å². The fourth-order valence-electron chi connectivity index (χ4n) is 1.42. The molecule has 0 amide bonds. The Balaban J connectivity index is 2.92. The highest BCUT2D eigenvalue weighted by Gasteiger charge is 2.17. The second-order valence-electron chi connectivity index (χ2n) is 4.76. The summed E-state index contributed by atoms with van der Waals surface area (Å²) in [5.74, 6) is 0.573. The standard InChI is InChI=1S/C13H19Cl2NO2/c1-4-16-7-9-5-10(14)6-11(15)12(9)18-8-13(2,3)17/h5-6,16-17H,4,7-8H2,1-3H3. The van der Waals surface area contributed by atoms with Crippen LogP contribution in [0.1, 0.15) is 26.3 Å². The largest absolute Gasteiger partial charge is 0.489 e. The minimum atomic E-state index is -0.904. The molecule has 0 heterocycles. The number of halogens is 2. The quantitative estimate of drug-likeness (QED) is 0.845. The zero-order valence-electron chi connectivity index (χ0n) is 10.9. The van der Waals surface area contributed by atoms with Gasteiger partial charge in [-0.1, -0.05) is 30.1 Å². The molecule has 0 unspecified atom stereocenters. The Kier molecular flexibility index (Phi) is 5.73. The van der Waals surface area contributed by atoms with Crippen LogP contribution in [-0.2, 0) is 6.54 Å². The van der Waals surface area contributed by atoms with Gasteiger partial charge in [0.1, 0.15) is 12.4 Å². The number of benzene rings is 1. The van der Waals surface area contributed by atoms with Gasteiger partial charge in [0.2, 0.25) is 0 Å². The van der Waals surface area contributed by atoms with E-state index in [4.69, 9.17) is 27.9 Å². The van der Waals surface area contributed by atoms with E-state index in [2.05, 4.69) is 5.32 Å². The van der Waals surface area contributed by atoms with Crippen molar-refractivity contribution in [3.8, 4) is 5.75 Å². The predicted octanol–water partition coefficient (Wildman–Crippen LogP) is 3.25. The summed E-state index contributed by atoms with van der Waals surface area (Å²) in [6.45, 7) is 7.02. The predicted molar refractivity (Wildman–Crippen MR) is 75.6 cm³/mol. The monoisotopic (exact) mass is 291 g/mol. The van der Waals surface area contributed by atoms with Gasteiger partial charge in [0.25, 0.3) is 0 Å². The molecule has 0 saturated heterocycles. The summed E-state index contributed by atoms with van der Waals surface area (Å²) in [4.78, 5) is 0. The first-order chi connectivity index (χ1) is 8.33. The number of rotatable bonds is 6. The van der Waals surface area contributed by atoms with Gasteiger partial charge >= 0.3 is 0 Å². The summed E-state index contributed by atoms with van der Waals surface area (Å²) >= 11 is 12.1. The molecular formula is C13H19Cl2NO2. The molecular weight excluding hydrogens is 273 g/mol. The number of ether oxygens (including phenoxy) is 1. The molecule has 1 rings (SSSR count). The van der Waals surface area contributed by atoms with Crippen LogP contribution in [0.5, 0.6) is 5.75 Å². The first-order valence-corrected chi connectivity index (χ1v) is 6.63. The highest BCUT2D eigenvalue weighted by atomic mass is 35.5. The molecule has 0 aliphatic rings. The van der Waals surface area contributed by atoms with Gasteiger partial charge in [0, 0.05) is 17.1 Å². The average Bonchev–Trinajstić information content (AvgIpc) is 2.23. The fraction of sp³-hybridized carbons (Fsp3) is 0.538. The molecule has 1 aromatic rings. The molecule has 5 heteroatoms. The molecule has 0 spiro atoms. The Morgan fingerprint density at radius 3 is 2.56 bits per heavy atom. The molecule has 0 fully saturated rings. The van der Waals surface area contributed by atoms with E-state index in [1.54, 1.807) is 19.9 Å². The lowest BCUT2D eigenvalue weighted by Crippen LogP contribution is -2.28. The first-order valence-electron chi connectivity index (χ1n) is 5.87. The third-order valence-electron chi connectivity index (χ3n) is 2.22. The lowest BCUT2D eigenvalue weighted by Gasteiger charge is -2.20. The van der Waals surface area contributed by atoms with Gasteiger partial charge in [-0.15, -0.1) is 0 Å². The number of hydrogen-bond donors (Lipinski definition) is 2. The summed E-state index contributed by atoms with van der Waals surface area (Å²) in [5, 5.41) is 13.9. The fourth-order valence-corrected chi connectivity index (χ4v) is 2.01. The van der Waals surface area contributed by atoms with Gasteiger partial charge in [-0.3, -0.25) is 0 Å². The summed E-state index contributed by atoms with van der Waals surface area (Å²) in [7, 11) is 0. The van der Waals surface area contributed by atoms with E-state index < -0.39 is 5.60 Å². The Morgan fingerprint density at radius 2 is 2.00 bits per heavy atom. The van der Waals surface area contributed by atoms with Crippen LogP contribution >= 0.6 is 23.2 Å². The molecule has 2 N–H and O–H groups in total. The van der Waals surface area contributed by atoms with Crippen LogP contribution in [0.25, 0.3) is 0 Å². The minimum absolute atomic E-state index is 0.174. The number of aliphatic hydroxyl groups is 1. The van der Waals surface area contributed by atoms with E-state index in [1.165, 1.54) is 0 Å². The van der Waals surface area contributed by atoms with Crippen molar-refractivity contribution in [1.29, 1.82) is 0 Å². The SMILES string of the molecule is CCNCc1cc(Cl)cc(Cl)c1OCC(C)(C)O. The molecule has 18 heavy (non-hydrogen) atoms. The lowest BCUT2D eigenvalue weighted by molar-refractivity contribution is 0.0282. The molecule has 0 bridgehead atoms. The average molecular weight is 292 g/mol. The highest BCUT2D eigenvalue weighted by molar-refractivity contribution is 6.35. The van der Waals surface area contributed by atoms with Crippen molar-refractivity contribution in [2.75, 3.05) is 13.2 Å². The van der Waals surface area contributed by atoms with E-state index in [-0.39, 0.29) is 6.61 Å². The maximum absolute atomic E-state index is 9.68. The first kappa shape index (κ1) is 15.6. The summed E-state index contributed by atoms with van der Waals surface area (Å²) in [5.41, 5.74) is -0.0168. The van der Waals surface area contributed by atoms with E-state index in [0.29, 0.717) is 22.3 Å². The van der Waals surface area contributed by atoms with Crippen molar-refractivity contribution in [2.24, 2.45) is 0 Å². The maximum Gasteiger partial charge on any atom is 0.142 e. The normalized spacial score (nSPS) is 11.7. The van der Waals surface area contributed by atoms with E-state index >= 15 is 0 Å². The molecule has 0 saturated carbocycles. The van der Waals surface area contributed by atoms with E-state index in [1.807, 2.05) is 13.0 Å². The highest BCUT2D eigenvalue weighted by Crippen LogP contribution is 2.33. The van der Waals surface area contributed by atoms with Gasteiger partial charge in [-0.25, -0.2) is 0 Å². The van der Waals surface area contributed by atoms with Gasteiger partial charge in [0.15, 0.2) is 0 Å². The van der Waals surface area contributed by atoms with Gasteiger partial charge in [-0.05, 0) is 32.5 Å². The van der Waals surface area contributed by atoms with Crippen molar-refractivity contribution in [3.05, 3.63) is 27.7 Å². The van der Waals surface area contributed by atoms with Gasteiger partial charge < -0.3 is 15.2 Å². The molecule has 0 aliphatic carbocycles. The number of hydrogen-bond acceptors (Lipinski definition) is 3. The lowest BCUT2D eigenvalue weighted by atomic mass is 10.1. The molecule has 1 aromatic carbocycles. The molecule has 0 radical (unpaired) electrons. The molecule has 0 aromatic heterocycles. The van der Waals surface area contributed by atoms with Crippen LogP contribution in [0, 0.1) is 0 Å². The third-order valence-corrected chi connectivity index (χ3v) is 2.72. The summed E-state index contributed by atoms with van der Waals surface area (Å²) in [6.07, 6.45) is 0. The topological polar surface area (TPSA) is 41.5 Å². The zero-order valence-corrected chi connectivity index (χ0v) is 12.4. The maximum atomic E-state index is 9.68. The van der Waals surface area contributed by atoms with Crippen molar-refractivity contribution in [1.82, 2.24) is 5.32 Å². The minimum Gasteiger partial charge on any atom is -0.489 e. The van der Waals surface area contributed by atoms with Gasteiger partial charge in [-0.2, -0.15) is 0 Å². The van der Waals surface area contributed by atoms with Gasteiger partial charge in [0.05, 0.1) is 10.6 Å². The summed E-state index contributed by atoms with van der Waals surface area (Å²) < 4.78 is 5.60. The Labute approximate surface area is 118 Å². The molecule has 3 nitrogen and oxygen atoms in total. The van der Waals surface area contributed by atoms with Crippen molar-refractivity contribution in [3.63, 3.8) is 0 Å². The van der Waals surface area contributed by atoms with Crippen LogP contribution < -0.4 is 10.1 Å². The van der Waals surface area contributed by atoms with Crippen LogP contribution in [0.4, 0.5) is 0 Å². The Morgan fingerprint density at radius 1 is 1.33 bits per heavy atom. The second-order valence-corrected chi connectivity index (χ2v) is 5.60. The van der Waals surface area contributed by atoms with E-state index in [0.717, 1.165) is 12.1 Å². The Hall–Kier alpha value is -0.480. The van der Waals surface area contributed by atoms with Crippen molar-refractivity contribution in [2.45, 2.75) is 32.9 Å². The smallest absolute Gasteiger partial charge is 0.142 e. The van der Waals surface area contributed by atoms with Crippen molar-refractivity contribution < 1.29 is 9.84 Å². The number of nitrogens with one attached hydrogen (secondary N) is 1. The third kappa shape index (κ3) is 5.02.